The van der Waals surface area contributed by atoms with E-state index < -0.39 is 12.0 Å². The highest BCUT2D eigenvalue weighted by molar-refractivity contribution is 6.02. The average Bonchev–Trinajstić information content (AvgIpc) is 2.27. The number of ether oxygens (including phenoxy) is 1. The Kier molecular flexibility index (Phi) is 4.34. The largest absolute Gasteiger partial charge is 0.449 e. The van der Waals surface area contributed by atoms with Gasteiger partial charge in [0.2, 0.25) is 0 Å². The molecule has 4 nitrogen and oxygen atoms in total. The van der Waals surface area contributed by atoms with Crippen molar-refractivity contribution in [2.75, 3.05) is 6.61 Å². The Morgan fingerprint density at radius 3 is 2.53 bits per heavy atom. The van der Waals surface area contributed by atoms with Gasteiger partial charge in [-0.25, -0.2) is 4.79 Å². The first-order valence-corrected chi connectivity index (χ1v) is 4.56. The van der Waals surface area contributed by atoms with Crippen LogP contribution in [0.4, 0.5) is 4.79 Å². The minimum atomic E-state index is -0.743. The molecule has 15 heavy (non-hydrogen) atoms. The lowest BCUT2D eigenvalue weighted by Crippen LogP contribution is -2.31. The van der Waals surface area contributed by atoms with E-state index in [9.17, 15) is 9.59 Å². The lowest BCUT2D eigenvalue weighted by atomic mass is 10.2. The van der Waals surface area contributed by atoms with Crippen molar-refractivity contribution in [2.45, 2.75) is 6.42 Å². The Bertz CT molecular complexity index is 335. The number of imide groups is 1. The van der Waals surface area contributed by atoms with Gasteiger partial charge in [0.15, 0.2) is 0 Å². The van der Waals surface area contributed by atoms with Crippen LogP contribution in [0.3, 0.4) is 0 Å². The molecule has 1 rings (SSSR count). The monoisotopic (exact) mass is 206 g/mol. The van der Waals surface area contributed by atoms with Gasteiger partial charge >= 0.3 is 6.09 Å². The van der Waals surface area contributed by atoms with Crippen LogP contribution in [0, 0.1) is 6.92 Å². The van der Waals surface area contributed by atoms with Crippen LogP contribution in [-0.4, -0.2) is 18.6 Å². The van der Waals surface area contributed by atoms with Crippen LogP contribution < -0.4 is 5.32 Å². The summed E-state index contributed by atoms with van der Waals surface area (Å²) in [6, 6.07) is 8.46. The number of carbonyl (C=O) groups is 2. The Morgan fingerprint density at radius 2 is 1.93 bits per heavy atom. The molecule has 1 aromatic carbocycles. The summed E-state index contributed by atoms with van der Waals surface area (Å²) in [4.78, 5) is 22.4. The molecule has 0 unspecified atom stereocenters. The molecule has 0 bridgehead atoms. The first-order chi connectivity index (χ1) is 7.24. The molecule has 1 radical (unpaired) electrons. The molecule has 1 aromatic rings. The van der Waals surface area contributed by atoms with E-state index in [0.29, 0.717) is 12.0 Å². The van der Waals surface area contributed by atoms with Gasteiger partial charge in [0.05, 0.1) is 6.61 Å². The van der Waals surface area contributed by atoms with E-state index in [0.717, 1.165) is 0 Å². The van der Waals surface area contributed by atoms with Crippen LogP contribution >= 0.6 is 0 Å². The van der Waals surface area contributed by atoms with E-state index in [1.54, 1.807) is 30.3 Å². The lowest BCUT2D eigenvalue weighted by Gasteiger charge is -2.04. The molecule has 0 aliphatic heterocycles. The minimum absolute atomic E-state index is 0.202. The summed E-state index contributed by atoms with van der Waals surface area (Å²) >= 11 is 0. The molecule has 4 heteroatoms. The Balaban J connectivity index is 2.46. The number of benzene rings is 1. The van der Waals surface area contributed by atoms with Crippen LogP contribution in [0.1, 0.15) is 16.8 Å². The Labute approximate surface area is 88.2 Å². The molecule has 0 heterocycles. The number of nitrogens with one attached hydrogen (secondary N) is 1. The average molecular weight is 206 g/mol. The van der Waals surface area contributed by atoms with Gasteiger partial charge in [0.1, 0.15) is 0 Å². The normalized spacial score (nSPS) is 9.40. The summed E-state index contributed by atoms with van der Waals surface area (Å²) in [7, 11) is 0. The summed E-state index contributed by atoms with van der Waals surface area (Å²) in [6.45, 7) is 3.71. The number of hydrogen-bond acceptors (Lipinski definition) is 3. The topological polar surface area (TPSA) is 55.4 Å². The predicted octanol–water partition coefficient (Wildman–Crippen LogP) is 1.78. The fourth-order valence-electron chi connectivity index (χ4n) is 0.955. The molecule has 0 fully saturated rings. The second kappa shape index (κ2) is 5.80. The molecule has 0 saturated carbocycles. The van der Waals surface area contributed by atoms with Gasteiger partial charge in [-0.2, -0.15) is 0 Å². The van der Waals surface area contributed by atoms with Gasteiger partial charge in [-0.1, -0.05) is 18.2 Å². The molecule has 0 aromatic heterocycles. The van der Waals surface area contributed by atoms with Gasteiger partial charge in [0.25, 0.3) is 5.91 Å². The van der Waals surface area contributed by atoms with Gasteiger partial charge in [-0.3, -0.25) is 10.1 Å². The third-order valence-corrected chi connectivity index (χ3v) is 1.63. The number of alkyl carbamates (subject to hydrolysis) is 1. The summed E-state index contributed by atoms with van der Waals surface area (Å²) in [6.07, 6.45) is -0.264. The number of amides is 2. The van der Waals surface area contributed by atoms with Crippen molar-refractivity contribution in [1.82, 2.24) is 5.32 Å². The Morgan fingerprint density at radius 1 is 1.27 bits per heavy atom. The van der Waals surface area contributed by atoms with Crippen LogP contribution in [-0.2, 0) is 4.74 Å². The number of hydrogen-bond donors (Lipinski definition) is 1. The highest BCUT2D eigenvalue weighted by atomic mass is 16.5. The maximum atomic E-state index is 11.4. The summed E-state index contributed by atoms with van der Waals surface area (Å²) in [5.41, 5.74) is 0.420. The van der Waals surface area contributed by atoms with Crippen molar-refractivity contribution in [3.8, 4) is 0 Å². The molecule has 0 aliphatic carbocycles. The van der Waals surface area contributed by atoms with E-state index in [4.69, 9.17) is 0 Å². The van der Waals surface area contributed by atoms with E-state index in [-0.39, 0.29) is 6.61 Å². The fourth-order valence-corrected chi connectivity index (χ4v) is 0.955. The maximum Gasteiger partial charge on any atom is 0.414 e. The maximum absolute atomic E-state index is 11.4. The van der Waals surface area contributed by atoms with E-state index in [2.05, 4.69) is 17.0 Å². The zero-order chi connectivity index (χ0) is 11.1. The van der Waals surface area contributed by atoms with Crippen molar-refractivity contribution >= 4 is 12.0 Å². The SMILES string of the molecule is [CH2]CCOC(=O)NC(=O)c1ccccc1. The first-order valence-electron chi connectivity index (χ1n) is 4.56. The van der Waals surface area contributed by atoms with E-state index in [1.165, 1.54) is 0 Å². The first kappa shape index (κ1) is 11.2. The van der Waals surface area contributed by atoms with Gasteiger partial charge in [0, 0.05) is 5.56 Å². The third kappa shape index (κ3) is 3.81. The van der Waals surface area contributed by atoms with Gasteiger partial charge in [-0.05, 0) is 25.5 Å². The van der Waals surface area contributed by atoms with Crippen molar-refractivity contribution in [3.05, 3.63) is 42.8 Å². The molecule has 2 amide bonds. The molecular formula is C11H12NO3. The number of carbonyl (C=O) groups excluding carboxylic acids is 2. The summed E-state index contributed by atoms with van der Waals surface area (Å²) in [5.74, 6) is -0.468. The lowest BCUT2D eigenvalue weighted by molar-refractivity contribution is 0.0921. The highest BCUT2D eigenvalue weighted by Crippen LogP contribution is 1.97. The minimum Gasteiger partial charge on any atom is -0.449 e. The van der Waals surface area contributed by atoms with E-state index in [1.807, 2.05) is 0 Å². The molecule has 0 saturated heterocycles. The van der Waals surface area contributed by atoms with Crippen LogP contribution in [0.5, 0.6) is 0 Å². The van der Waals surface area contributed by atoms with Gasteiger partial charge < -0.3 is 4.74 Å². The molecule has 79 valence electrons. The zero-order valence-corrected chi connectivity index (χ0v) is 8.23. The third-order valence-electron chi connectivity index (χ3n) is 1.63. The smallest absolute Gasteiger partial charge is 0.414 e. The summed E-state index contributed by atoms with van der Waals surface area (Å²) in [5, 5.41) is 2.10. The molecular weight excluding hydrogens is 194 g/mol. The van der Waals surface area contributed by atoms with Crippen molar-refractivity contribution < 1.29 is 14.3 Å². The number of rotatable bonds is 3. The standard InChI is InChI=1S/C11H12NO3/c1-2-8-15-11(14)12-10(13)9-6-4-3-5-7-9/h3-7H,1-2,8H2,(H,12,13,14). The Hall–Kier alpha value is -1.84. The molecule has 0 spiro atoms. The molecule has 1 N–H and O–H groups in total. The van der Waals surface area contributed by atoms with Crippen LogP contribution in [0.2, 0.25) is 0 Å². The fraction of sp³-hybridized carbons (Fsp3) is 0.182. The van der Waals surface area contributed by atoms with Crippen molar-refractivity contribution in [2.24, 2.45) is 0 Å². The quantitative estimate of drug-likeness (QED) is 0.820. The summed E-state index contributed by atoms with van der Waals surface area (Å²) < 4.78 is 4.65. The second-order valence-electron chi connectivity index (χ2n) is 2.81. The highest BCUT2D eigenvalue weighted by Gasteiger charge is 2.09. The van der Waals surface area contributed by atoms with Crippen molar-refractivity contribution in [1.29, 1.82) is 0 Å². The van der Waals surface area contributed by atoms with Crippen LogP contribution in [0.25, 0.3) is 0 Å². The molecule has 0 aliphatic rings. The zero-order valence-electron chi connectivity index (χ0n) is 8.23. The van der Waals surface area contributed by atoms with Gasteiger partial charge in [-0.15, -0.1) is 0 Å². The van der Waals surface area contributed by atoms with E-state index >= 15 is 0 Å². The van der Waals surface area contributed by atoms with Crippen molar-refractivity contribution in [3.63, 3.8) is 0 Å². The van der Waals surface area contributed by atoms with Crippen LogP contribution in [0.15, 0.2) is 30.3 Å². The predicted molar refractivity (Wildman–Crippen MR) is 55.2 cm³/mol. The molecule has 0 atom stereocenters. The second-order valence-corrected chi connectivity index (χ2v) is 2.81.